The average molecular weight is 919 g/mol. The molecule has 1 saturated heterocycles. The van der Waals surface area contributed by atoms with Gasteiger partial charge >= 0.3 is 6.09 Å². The highest BCUT2D eigenvalue weighted by atomic mass is 16.6. The summed E-state index contributed by atoms with van der Waals surface area (Å²) in [4.78, 5) is 34.6. The molecule has 0 spiro atoms. The van der Waals surface area contributed by atoms with Gasteiger partial charge in [-0.1, -0.05) is 27.7 Å². The largest absolute Gasteiger partial charge is 0.450 e. The van der Waals surface area contributed by atoms with E-state index >= 15 is 0 Å². The number of nitrogens with one attached hydrogen (secondary N) is 2. The molecule has 1 fully saturated rings. The van der Waals surface area contributed by atoms with Gasteiger partial charge in [0.25, 0.3) is 0 Å². The fraction of sp³-hybridized carbons (Fsp3) is 0.367. The van der Waals surface area contributed by atoms with Crippen molar-refractivity contribution in [1.29, 1.82) is 0 Å². The van der Waals surface area contributed by atoms with Gasteiger partial charge in [-0.05, 0) is 84.8 Å². The van der Waals surface area contributed by atoms with Gasteiger partial charge in [0.15, 0.2) is 11.6 Å². The van der Waals surface area contributed by atoms with Crippen molar-refractivity contribution in [2.75, 3.05) is 63.7 Å². The Morgan fingerprint density at radius 1 is 0.618 bits per heavy atom. The zero-order valence-corrected chi connectivity index (χ0v) is 39.4. The number of methoxy groups -OCH3 is 1. The van der Waals surface area contributed by atoms with Crippen molar-refractivity contribution in [1.82, 2.24) is 69.7 Å². The van der Waals surface area contributed by atoms with E-state index in [0.29, 0.717) is 68.0 Å². The van der Waals surface area contributed by atoms with Gasteiger partial charge in [0.05, 0.1) is 66.6 Å². The fourth-order valence-corrected chi connectivity index (χ4v) is 7.53. The van der Waals surface area contributed by atoms with Gasteiger partial charge in [0.1, 0.15) is 11.6 Å². The summed E-state index contributed by atoms with van der Waals surface area (Å²) < 4.78 is 14.0. The maximum absolute atomic E-state index is 11.9. The third-order valence-electron chi connectivity index (χ3n) is 11.5. The zero-order valence-electron chi connectivity index (χ0n) is 39.4. The lowest BCUT2D eigenvalue weighted by Gasteiger charge is -2.33. The van der Waals surface area contributed by atoms with Crippen LogP contribution in [0.2, 0.25) is 0 Å². The molecular formula is C49H58N16O3. The molecule has 352 valence electrons. The lowest BCUT2D eigenvalue weighted by atomic mass is 10.1. The van der Waals surface area contributed by atoms with E-state index < -0.39 is 0 Å². The number of ether oxygens (including phenoxy) is 2. The summed E-state index contributed by atoms with van der Waals surface area (Å²) in [7, 11) is 1.68. The summed E-state index contributed by atoms with van der Waals surface area (Å²) in [5.74, 6) is 3.47. The van der Waals surface area contributed by atoms with Crippen LogP contribution in [0.3, 0.4) is 0 Å². The molecule has 0 aliphatic carbocycles. The highest BCUT2D eigenvalue weighted by Crippen LogP contribution is 2.26. The molecular weight excluding hydrogens is 861 g/mol. The molecule has 9 rings (SSSR count). The number of pyridine rings is 4. The van der Waals surface area contributed by atoms with Gasteiger partial charge in [0, 0.05) is 93.4 Å². The van der Waals surface area contributed by atoms with Crippen LogP contribution >= 0.6 is 0 Å². The van der Waals surface area contributed by atoms with Crippen LogP contribution < -0.4 is 10.6 Å². The summed E-state index contributed by atoms with van der Waals surface area (Å²) in [6.07, 6.45) is 15.8. The van der Waals surface area contributed by atoms with Crippen molar-refractivity contribution < 1.29 is 14.3 Å². The van der Waals surface area contributed by atoms with E-state index in [1.807, 2.05) is 95.8 Å². The van der Waals surface area contributed by atoms with E-state index in [0.717, 1.165) is 88.0 Å². The Balaban J connectivity index is 0.000000192. The summed E-state index contributed by atoms with van der Waals surface area (Å²) >= 11 is 0. The smallest absolute Gasteiger partial charge is 0.409 e. The molecule has 8 aromatic rings. The van der Waals surface area contributed by atoms with E-state index in [1.165, 1.54) is 0 Å². The van der Waals surface area contributed by atoms with E-state index in [1.54, 1.807) is 24.4 Å². The van der Waals surface area contributed by atoms with Crippen molar-refractivity contribution in [3.05, 3.63) is 109 Å². The molecule has 1 aliphatic heterocycles. The second-order valence-electron chi connectivity index (χ2n) is 17.1. The predicted molar refractivity (Wildman–Crippen MR) is 262 cm³/mol. The third kappa shape index (κ3) is 12.3. The molecule has 19 heteroatoms. The Morgan fingerprint density at radius 2 is 1.15 bits per heavy atom. The predicted octanol–water partition coefficient (Wildman–Crippen LogP) is 8.11. The van der Waals surface area contributed by atoms with Crippen LogP contribution in [-0.2, 0) is 22.6 Å². The lowest BCUT2D eigenvalue weighted by molar-refractivity contribution is 0.0790. The quantitative estimate of drug-likeness (QED) is 0.0939. The van der Waals surface area contributed by atoms with Crippen molar-refractivity contribution in [2.24, 2.45) is 0 Å². The number of rotatable bonds is 16. The second kappa shape index (κ2) is 22.3. The molecule has 19 nitrogen and oxygen atoms in total. The number of nitrogens with zero attached hydrogens (tertiary/aromatic N) is 14. The SMILES string of the molecule is CCOC(=O)N1CCN(CCCn2cc(-c3cnc4ccc(Nc5cc(C(C)C)cnn5)nc4c3)cn2)CC1.COCCn1cc(-c2cnc3ccc(Nc4cc(C(C)C)cnn4)nc3c2)cn1. The van der Waals surface area contributed by atoms with E-state index in [-0.39, 0.29) is 6.09 Å². The van der Waals surface area contributed by atoms with Gasteiger partial charge in [-0.3, -0.25) is 24.2 Å². The molecule has 0 bridgehead atoms. The number of hydrogen-bond donors (Lipinski definition) is 2. The molecule has 8 aromatic heterocycles. The minimum atomic E-state index is -0.210. The van der Waals surface area contributed by atoms with Crippen LogP contribution in [0.25, 0.3) is 44.3 Å². The Labute approximate surface area is 395 Å². The van der Waals surface area contributed by atoms with Gasteiger partial charge < -0.3 is 25.0 Å². The lowest BCUT2D eigenvalue weighted by Crippen LogP contribution is -2.49. The molecule has 0 saturated carbocycles. The molecule has 0 aromatic carbocycles. The standard InChI is InChI=1S/C28H35N9O2.C21H23N7O/c1-4-39-28(38)36-12-10-35(11-13-36)8-5-9-37-19-23(18-31-37)22-14-25-24(29-16-22)6-7-26(32-25)33-27-15-21(20(2)3)17-30-34-27;1-14(2)15-9-21(27-23-11-15)26-20-5-4-18-19(25-20)8-16(10-22-18)17-12-24-28(13-17)6-7-29-3/h6-7,14-20H,4-5,8-13H2,1-3H3,(H,32,33,34);4-5,8-14H,6-7H2,1-3H3,(H,25,26,27). The normalized spacial score (nSPS) is 13.0. The first-order valence-electron chi connectivity index (χ1n) is 23.0. The third-order valence-corrected chi connectivity index (χ3v) is 11.5. The summed E-state index contributed by atoms with van der Waals surface area (Å²) in [6, 6.07) is 15.7. The highest BCUT2D eigenvalue weighted by Gasteiger charge is 2.21. The van der Waals surface area contributed by atoms with Crippen LogP contribution in [0, 0.1) is 0 Å². The van der Waals surface area contributed by atoms with E-state index in [4.69, 9.17) is 19.4 Å². The van der Waals surface area contributed by atoms with Gasteiger partial charge in [-0.2, -0.15) is 20.4 Å². The summed E-state index contributed by atoms with van der Waals surface area (Å²) in [6.45, 7) is 17.0. The summed E-state index contributed by atoms with van der Waals surface area (Å²) in [5.41, 5.74) is 9.40. The Morgan fingerprint density at radius 3 is 1.65 bits per heavy atom. The monoisotopic (exact) mass is 918 g/mol. The van der Waals surface area contributed by atoms with Gasteiger partial charge in [0.2, 0.25) is 0 Å². The number of aromatic nitrogens is 12. The number of aryl methyl sites for hydroxylation is 1. The molecule has 0 unspecified atom stereocenters. The number of hydrogen-bond acceptors (Lipinski definition) is 16. The van der Waals surface area contributed by atoms with Gasteiger partial charge in [-0.25, -0.2) is 14.8 Å². The van der Waals surface area contributed by atoms with Crippen molar-refractivity contribution in [3.63, 3.8) is 0 Å². The Kier molecular flexibility index (Phi) is 15.4. The van der Waals surface area contributed by atoms with Crippen molar-refractivity contribution in [3.8, 4) is 22.3 Å². The molecule has 0 atom stereocenters. The van der Waals surface area contributed by atoms with Crippen LogP contribution in [0.15, 0.2) is 98.1 Å². The molecule has 1 amide bonds. The molecule has 1 aliphatic rings. The second-order valence-corrected chi connectivity index (χ2v) is 17.1. The topological polar surface area (TPSA) is 205 Å². The highest BCUT2D eigenvalue weighted by molar-refractivity contribution is 5.83. The van der Waals surface area contributed by atoms with Crippen molar-refractivity contribution in [2.45, 2.75) is 66.0 Å². The first-order chi connectivity index (χ1) is 33.1. The molecule has 9 heterocycles. The molecule has 0 radical (unpaired) electrons. The Hall–Kier alpha value is -7.51. The van der Waals surface area contributed by atoms with Gasteiger partial charge in [-0.15, -0.1) is 10.2 Å². The first-order valence-corrected chi connectivity index (χ1v) is 23.0. The zero-order chi connectivity index (χ0) is 47.4. The summed E-state index contributed by atoms with van der Waals surface area (Å²) in [5, 5.41) is 31.9. The van der Waals surface area contributed by atoms with Crippen LogP contribution in [-0.4, -0.2) is 129 Å². The average Bonchev–Trinajstić information content (AvgIpc) is 4.04. The van der Waals surface area contributed by atoms with Crippen molar-refractivity contribution >= 4 is 51.4 Å². The van der Waals surface area contributed by atoms with Crippen LogP contribution in [0.1, 0.15) is 64.0 Å². The van der Waals surface area contributed by atoms with Crippen LogP contribution in [0.5, 0.6) is 0 Å². The number of carbonyl (C=O) groups excluding carboxylic acids is 1. The number of amides is 1. The Bertz CT molecular complexity index is 2930. The molecule has 68 heavy (non-hydrogen) atoms. The van der Waals surface area contributed by atoms with E-state index in [2.05, 4.69) is 90.0 Å². The minimum absolute atomic E-state index is 0.210. The minimum Gasteiger partial charge on any atom is -0.450 e. The molecule has 2 N–H and O–H groups in total. The van der Waals surface area contributed by atoms with E-state index in [9.17, 15) is 4.79 Å². The maximum Gasteiger partial charge on any atom is 0.409 e. The fourth-order valence-electron chi connectivity index (χ4n) is 7.53. The maximum atomic E-state index is 11.9. The first kappa shape index (κ1) is 47.0. The number of piperazine rings is 1. The number of carbonyl (C=O) groups is 1. The number of anilines is 4. The van der Waals surface area contributed by atoms with Crippen LogP contribution in [0.4, 0.5) is 28.1 Å². The number of fused-ring (bicyclic) bond motifs is 2.